The van der Waals surface area contributed by atoms with Crippen LogP contribution in [0.1, 0.15) is 36.8 Å². The van der Waals surface area contributed by atoms with E-state index in [1.54, 1.807) is 21.9 Å². The fourth-order valence-corrected chi connectivity index (χ4v) is 7.11. The van der Waals surface area contributed by atoms with Crippen molar-refractivity contribution < 1.29 is 29.3 Å². The highest BCUT2D eigenvalue weighted by atomic mass is 35.5. The van der Waals surface area contributed by atoms with Gasteiger partial charge in [-0.05, 0) is 61.4 Å². The largest absolute Gasteiger partial charge is 0.506 e. The predicted octanol–water partition coefficient (Wildman–Crippen LogP) is 3.32. The van der Waals surface area contributed by atoms with Crippen LogP contribution in [0.15, 0.2) is 42.5 Å². The number of fused-ring (bicyclic) bond motifs is 1. The molecule has 0 aromatic heterocycles. The minimum absolute atomic E-state index is 0.00410. The Hall–Kier alpha value is -3.54. The molecule has 2 aromatic carbocycles. The van der Waals surface area contributed by atoms with Crippen LogP contribution in [-0.4, -0.2) is 118 Å². The van der Waals surface area contributed by atoms with Crippen LogP contribution >= 0.6 is 11.6 Å². The summed E-state index contributed by atoms with van der Waals surface area (Å²) in [7, 11) is 0. The monoisotopic (exact) mass is 625 g/mol. The molecule has 3 fully saturated rings. The van der Waals surface area contributed by atoms with Gasteiger partial charge in [-0.2, -0.15) is 0 Å². The van der Waals surface area contributed by atoms with Gasteiger partial charge >= 0.3 is 12.1 Å². The molecule has 44 heavy (non-hydrogen) atoms. The number of carbonyl (C=O) groups is 3. The van der Waals surface area contributed by atoms with Crippen LogP contribution in [0.2, 0.25) is 5.02 Å². The van der Waals surface area contributed by atoms with Crippen molar-refractivity contribution in [3.8, 4) is 5.75 Å². The zero-order valence-electron chi connectivity index (χ0n) is 24.7. The number of amides is 4. The smallest absolute Gasteiger partial charge is 0.410 e. The first-order chi connectivity index (χ1) is 21.2. The molecule has 4 heterocycles. The number of urea groups is 1. The average Bonchev–Trinajstić information content (AvgIpc) is 3.65. The van der Waals surface area contributed by atoms with E-state index in [9.17, 15) is 24.6 Å². The number of rotatable bonds is 6. The van der Waals surface area contributed by atoms with Gasteiger partial charge < -0.3 is 35.0 Å². The number of nitrogens with zero attached hydrogens (tertiary/aromatic N) is 4. The second-order valence-electron chi connectivity index (χ2n) is 12.3. The highest BCUT2D eigenvalue weighted by molar-refractivity contribution is 6.32. The minimum Gasteiger partial charge on any atom is -0.506 e. The standard InChI is InChI=1S/C32H40ClN5O6/c33-26-17-21(5-6-28(26)40)18-29(30(41)37-14-10-24(19-37)36-15-11-25(39)20-36)44-32(43)35-12-8-23(9-13-35)38-16-7-22-3-1-2-4-27(22)34-31(38)42/h1-6,17,23-25,29,39-40H,7-16,18-20H2,(H,34,42)/t24?,25?,29-/m1/s1. The molecule has 6 rings (SSSR count). The Morgan fingerprint density at radius 1 is 0.955 bits per heavy atom. The van der Waals surface area contributed by atoms with E-state index in [0.29, 0.717) is 57.7 Å². The molecule has 0 radical (unpaired) electrons. The van der Waals surface area contributed by atoms with Crippen LogP contribution < -0.4 is 5.32 Å². The van der Waals surface area contributed by atoms with Gasteiger partial charge in [0.25, 0.3) is 5.91 Å². The molecule has 4 aliphatic rings. The zero-order valence-corrected chi connectivity index (χ0v) is 25.5. The fourth-order valence-electron chi connectivity index (χ4n) is 6.91. The number of aliphatic hydroxyl groups excluding tert-OH is 1. The topological polar surface area (TPSA) is 126 Å². The lowest BCUT2D eigenvalue weighted by atomic mass is 10.0. The number of carbonyl (C=O) groups excluding carboxylic acids is 3. The molecule has 2 aromatic rings. The fraction of sp³-hybridized carbons (Fsp3) is 0.531. The Labute approximate surface area is 262 Å². The number of likely N-dealkylation sites (tertiary alicyclic amines) is 3. The number of anilines is 1. The number of ether oxygens (including phenoxy) is 1. The van der Waals surface area contributed by atoms with Crippen molar-refractivity contribution in [2.24, 2.45) is 0 Å². The van der Waals surface area contributed by atoms with Gasteiger partial charge in [-0.1, -0.05) is 35.9 Å². The van der Waals surface area contributed by atoms with Gasteiger partial charge in [-0.15, -0.1) is 0 Å². The number of β-amino-alcohol motifs (C(OH)–C–C–N with tert-alkyl or cyclic N) is 1. The highest BCUT2D eigenvalue weighted by Gasteiger charge is 2.38. The molecule has 12 heteroatoms. The first-order valence-corrected chi connectivity index (χ1v) is 15.9. The molecule has 3 N–H and O–H groups in total. The number of aliphatic hydroxyl groups is 1. The SMILES string of the molecule is O=C(O[C@H](Cc1ccc(O)c(Cl)c1)C(=O)N1CCC(N2CCC(O)C2)C1)N1CCC(N2CCc3ccccc3NC2=O)CC1. The number of hydrogen-bond donors (Lipinski definition) is 3. The third-order valence-electron chi connectivity index (χ3n) is 9.44. The summed E-state index contributed by atoms with van der Waals surface area (Å²) in [6.45, 7) is 3.91. The van der Waals surface area contributed by atoms with Crippen LogP contribution in [0, 0.1) is 0 Å². The number of halogens is 1. The van der Waals surface area contributed by atoms with Gasteiger partial charge in [-0.25, -0.2) is 9.59 Å². The summed E-state index contributed by atoms with van der Waals surface area (Å²) >= 11 is 6.14. The number of phenolic OH excluding ortho intramolecular Hbond substituents is 1. The number of para-hydroxylation sites is 1. The lowest BCUT2D eigenvalue weighted by molar-refractivity contribution is -0.140. The van der Waals surface area contributed by atoms with Crippen molar-refractivity contribution in [2.45, 2.75) is 62.8 Å². The summed E-state index contributed by atoms with van der Waals surface area (Å²) in [6, 6.07) is 12.6. The van der Waals surface area contributed by atoms with E-state index < -0.39 is 12.2 Å². The molecule has 0 aliphatic carbocycles. The van der Waals surface area contributed by atoms with E-state index in [2.05, 4.69) is 10.2 Å². The van der Waals surface area contributed by atoms with Gasteiger partial charge in [0.15, 0.2) is 6.10 Å². The number of hydrogen-bond acceptors (Lipinski definition) is 7. The van der Waals surface area contributed by atoms with E-state index >= 15 is 0 Å². The summed E-state index contributed by atoms with van der Waals surface area (Å²) in [5, 5.41) is 23.0. The predicted molar refractivity (Wildman–Crippen MR) is 165 cm³/mol. The molecule has 4 amide bonds. The molecule has 11 nitrogen and oxygen atoms in total. The average molecular weight is 626 g/mol. The molecular formula is C32H40ClN5O6. The van der Waals surface area contributed by atoms with Gasteiger partial charge in [0, 0.05) is 70.0 Å². The summed E-state index contributed by atoms with van der Waals surface area (Å²) in [6.07, 6.45) is 1.70. The third-order valence-corrected chi connectivity index (χ3v) is 9.75. The Balaban J connectivity index is 1.08. The quantitative estimate of drug-likeness (QED) is 0.450. The van der Waals surface area contributed by atoms with Gasteiger partial charge in [0.2, 0.25) is 0 Å². The Morgan fingerprint density at radius 3 is 2.45 bits per heavy atom. The molecule has 4 aliphatic heterocycles. The summed E-state index contributed by atoms with van der Waals surface area (Å²) in [5.74, 6) is -0.323. The molecule has 0 spiro atoms. The second-order valence-corrected chi connectivity index (χ2v) is 12.7. The van der Waals surface area contributed by atoms with Crippen LogP contribution in [0.5, 0.6) is 5.75 Å². The van der Waals surface area contributed by atoms with Crippen LogP contribution in [0.25, 0.3) is 0 Å². The van der Waals surface area contributed by atoms with E-state index in [1.165, 1.54) is 6.07 Å². The van der Waals surface area contributed by atoms with Gasteiger partial charge in [0.1, 0.15) is 5.75 Å². The number of nitrogens with one attached hydrogen (secondary N) is 1. The minimum atomic E-state index is -1.06. The van der Waals surface area contributed by atoms with E-state index in [4.69, 9.17) is 16.3 Å². The summed E-state index contributed by atoms with van der Waals surface area (Å²) in [5.41, 5.74) is 2.62. The number of piperidine rings is 1. The molecule has 0 bridgehead atoms. The molecule has 3 saturated heterocycles. The normalized spacial score (nSPS) is 23.7. The Kier molecular flexibility index (Phi) is 9.16. The summed E-state index contributed by atoms with van der Waals surface area (Å²) in [4.78, 5) is 47.7. The van der Waals surface area contributed by atoms with Crippen LogP contribution in [-0.2, 0) is 22.4 Å². The maximum Gasteiger partial charge on any atom is 0.410 e. The number of benzene rings is 2. The van der Waals surface area contributed by atoms with E-state index in [1.807, 2.05) is 29.2 Å². The van der Waals surface area contributed by atoms with E-state index in [-0.39, 0.29) is 47.3 Å². The van der Waals surface area contributed by atoms with Crippen LogP contribution in [0.3, 0.4) is 0 Å². The van der Waals surface area contributed by atoms with Crippen molar-refractivity contribution in [1.29, 1.82) is 0 Å². The Bertz CT molecular complexity index is 1380. The zero-order chi connectivity index (χ0) is 30.8. The first kappa shape index (κ1) is 30.5. The van der Waals surface area contributed by atoms with Gasteiger partial charge in [0.05, 0.1) is 11.1 Å². The van der Waals surface area contributed by atoms with Gasteiger partial charge in [-0.3, -0.25) is 9.69 Å². The Morgan fingerprint density at radius 2 is 1.70 bits per heavy atom. The maximum absolute atomic E-state index is 13.8. The second kappa shape index (κ2) is 13.2. The first-order valence-electron chi connectivity index (χ1n) is 15.5. The number of phenols is 1. The molecule has 0 saturated carbocycles. The molecule has 2 unspecified atom stereocenters. The summed E-state index contributed by atoms with van der Waals surface area (Å²) < 4.78 is 5.92. The third kappa shape index (κ3) is 6.74. The lowest BCUT2D eigenvalue weighted by Gasteiger charge is -2.38. The van der Waals surface area contributed by atoms with Crippen LogP contribution in [0.4, 0.5) is 15.3 Å². The van der Waals surface area contributed by atoms with Crippen molar-refractivity contribution in [3.05, 3.63) is 58.6 Å². The number of aromatic hydroxyl groups is 1. The highest BCUT2D eigenvalue weighted by Crippen LogP contribution is 2.28. The molecule has 236 valence electrons. The van der Waals surface area contributed by atoms with Crippen molar-refractivity contribution in [3.63, 3.8) is 0 Å². The van der Waals surface area contributed by atoms with Crippen molar-refractivity contribution in [2.75, 3.05) is 51.1 Å². The van der Waals surface area contributed by atoms with Crippen molar-refractivity contribution >= 4 is 35.3 Å². The van der Waals surface area contributed by atoms with Crippen molar-refractivity contribution in [1.82, 2.24) is 19.6 Å². The van der Waals surface area contributed by atoms with E-state index in [0.717, 1.165) is 37.1 Å². The maximum atomic E-state index is 13.8. The molecular weight excluding hydrogens is 586 g/mol. The lowest BCUT2D eigenvalue weighted by Crippen LogP contribution is -2.51. The molecule has 3 atom stereocenters.